The standard InChI is InChI=1S/C12H24O2.2C3H6/c1-3-5-6-7-8-9-11-14-12(13)10-4-2;2*1-3-2/h3-11H2,1-2H3;2*3H,1H2,2H3. The molecule has 0 saturated carbocycles. The SMILES string of the molecule is C=CC.C=CC.CCCCCCCCOC(=O)CCC. The van der Waals surface area contributed by atoms with Crippen molar-refractivity contribution in [2.45, 2.75) is 79.1 Å². The zero-order valence-electron chi connectivity index (χ0n) is 14.2. The molecule has 0 N–H and O–H groups in total. The Bertz CT molecular complexity index is 192. The summed E-state index contributed by atoms with van der Waals surface area (Å²) in [5, 5.41) is 0. The van der Waals surface area contributed by atoms with Gasteiger partial charge < -0.3 is 4.74 Å². The van der Waals surface area contributed by atoms with Crippen LogP contribution in [0.2, 0.25) is 0 Å². The van der Waals surface area contributed by atoms with Crippen LogP contribution in [0, 0.1) is 0 Å². The van der Waals surface area contributed by atoms with Crippen molar-refractivity contribution in [3.63, 3.8) is 0 Å². The molecule has 0 unspecified atom stereocenters. The van der Waals surface area contributed by atoms with Crippen LogP contribution in [0.1, 0.15) is 79.1 Å². The summed E-state index contributed by atoms with van der Waals surface area (Å²) >= 11 is 0. The van der Waals surface area contributed by atoms with E-state index in [0.717, 1.165) is 12.8 Å². The molecule has 0 fully saturated rings. The number of carbonyl (C=O) groups is 1. The molecule has 0 aromatic rings. The number of allylic oxidation sites excluding steroid dienone is 2. The van der Waals surface area contributed by atoms with Gasteiger partial charge in [0.25, 0.3) is 0 Å². The van der Waals surface area contributed by atoms with Crippen LogP contribution in [0.5, 0.6) is 0 Å². The third kappa shape index (κ3) is 36.0. The van der Waals surface area contributed by atoms with Crippen LogP contribution < -0.4 is 0 Å². The molecular weight excluding hydrogens is 248 g/mol. The van der Waals surface area contributed by atoms with E-state index in [0.29, 0.717) is 13.0 Å². The maximum Gasteiger partial charge on any atom is 0.305 e. The van der Waals surface area contributed by atoms with Gasteiger partial charge >= 0.3 is 5.97 Å². The van der Waals surface area contributed by atoms with Crippen LogP contribution in [0.3, 0.4) is 0 Å². The summed E-state index contributed by atoms with van der Waals surface area (Å²) in [6.45, 7) is 15.3. The molecule has 0 saturated heterocycles. The highest BCUT2D eigenvalue weighted by molar-refractivity contribution is 5.69. The van der Waals surface area contributed by atoms with E-state index in [-0.39, 0.29) is 5.97 Å². The molecule has 0 amide bonds. The number of rotatable bonds is 9. The van der Waals surface area contributed by atoms with E-state index in [9.17, 15) is 4.79 Å². The molecule has 0 atom stereocenters. The van der Waals surface area contributed by atoms with Crippen LogP contribution in [0.25, 0.3) is 0 Å². The molecule has 120 valence electrons. The molecule has 0 aliphatic heterocycles. The Morgan fingerprint density at radius 3 is 1.80 bits per heavy atom. The predicted molar refractivity (Wildman–Crippen MR) is 91.0 cm³/mol. The van der Waals surface area contributed by atoms with Gasteiger partial charge in [0.05, 0.1) is 6.61 Å². The average Bonchev–Trinajstić information content (AvgIpc) is 2.40. The summed E-state index contributed by atoms with van der Waals surface area (Å²) in [6, 6.07) is 0. The van der Waals surface area contributed by atoms with E-state index in [1.54, 1.807) is 12.2 Å². The Labute approximate surface area is 127 Å². The molecular formula is C18H36O2. The minimum Gasteiger partial charge on any atom is -0.466 e. The highest BCUT2D eigenvalue weighted by atomic mass is 16.5. The van der Waals surface area contributed by atoms with Crippen molar-refractivity contribution >= 4 is 5.97 Å². The van der Waals surface area contributed by atoms with E-state index in [4.69, 9.17) is 4.74 Å². The molecule has 0 bridgehead atoms. The second-order valence-electron chi connectivity index (χ2n) is 4.55. The molecule has 2 heteroatoms. The van der Waals surface area contributed by atoms with Gasteiger partial charge in [0.15, 0.2) is 0 Å². The van der Waals surface area contributed by atoms with Crippen molar-refractivity contribution in [1.29, 1.82) is 0 Å². The lowest BCUT2D eigenvalue weighted by atomic mass is 10.1. The van der Waals surface area contributed by atoms with Gasteiger partial charge in [-0.05, 0) is 26.7 Å². The molecule has 0 radical (unpaired) electrons. The summed E-state index contributed by atoms with van der Waals surface area (Å²) in [5.74, 6) is -0.0407. The molecule has 20 heavy (non-hydrogen) atoms. The molecule has 0 heterocycles. The normalized spacial score (nSPS) is 8.40. The monoisotopic (exact) mass is 284 g/mol. The van der Waals surface area contributed by atoms with Crippen molar-refractivity contribution in [1.82, 2.24) is 0 Å². The zero-order valence-corrected chi connectivity index (χ0v) is 14.2. The Balaban J connectivity index is -0.000000408. The van der Waals surface area contributed by atoms with Gasteiger partial charge in [-0.25, -0.2) is 0 Å². The van der Waals surface area contributed by atoms with E-state index in [2.05, 4.69) is 20.1 Å². The van der Waals surface area contributed by atoms with Crippen LogP contribution in [-0.2, 0) is 9.53 Å². The quantitative estimate of drug-likeness (QED) is 0.291. The average molecular weight is 284 g/mol. The van der Waals surface area contributed by atoms with E-state index in [1.807, 2.05) is 20.8 Å². The number of hydrogen-bond donors (Lipinski definition) is 0. The number of esters is 1. The van der Waals surface area contributed by atoms with Crippen LogP contribution in [0.15, 0.2) is 25.3 Å². The number of unbranched alkanes of at least 4 members (excludes halogenated alkanes) is 5. The van der Waals surface area contributed by atoms with Crippen molar-refractivity contribution in [3.8, 4) is 0 Å². The van der Waals surface area contributed by atoms with Crippen LogP contribution in [0.4, 0.5) is 0 Å². The van der Waals surface area contributed by atoms with Gasteiger partial charge in [-0.2, -0.15) is 0 Å². The van der Waals surface area contributed by atoms with E-state index in [1.165, 1.54) is 32.1 Å². The second kappa shape index (κ2) is 26.5. The molecule has 0 aromatic heterocycles. The molecule has 2 nitrogen and oxygen atoms in total. The third-order valence-electron chi connectivity index (χ3n) is 2.22. The van der Waals surface area contributed by atoms with Gasteiger partial charge in [0, 0.05) is 6.42 Å². The summed E-state index contributed by atoms with van der Waals surface area (Å²) < 4.78 is 5.05. The summed E-state index contributed by atoms with van der Waals surface area (Å²) in [6.07, 6.45) is 12.4. The first-order chi connectivity index (χ1) is 9.64. The Morgan fingerprint density at radius 2 is 1.35 bits per heavy atom. The zero-order chi connectivity index (χ0) is 16.1. The fourth-order valence-corrected chi connectivity index (χ4v) is 1.34. The van der Waals surface area contributed by atoms with E-state index < -0.39 is 0 Å². The largest absolute Gasteiger partial charge is 0.466 e. The first-order valence-corrected chi connectivity index (χ1v) is 7.94. The predicted octanol–water partition coefficient (Wildman–Crippen LogP) is 6.07. The van der Waals surface area contributed by atoms with Crippen LogP contribution in [-0.4, -0.2) is 12.6 Å². The first-order valence-electron chi connectivity index (χ1n) is 7.94. The van der Waals surface area contributed by atoms with Crippen LogP contribution >= 0.6 is 0 Å². The highest BCUT2D eigenvalue weighted by Crippen LogP contribution is 2.05. The molecule has 0 aliphatic rings. The van der Waals surface area contributed by atoms with Crippen molar-refractivity contribution in [3.05, 3.63) is 25.3 Å². The van der Waals surface area contributed by atoms with E-state index >= 15 is 0 Å². The van der Waals surface area contributed by atoms with Gasteiger partial charge in [-0.15, -0.1) is 13.2 Å². The fourth-order valence-electron chi connectivity index (χ4n) is 1.34. The highest BCUT2D eigenvalue weighted by Gasteiger charge is 1.99. The Kier molecular flexibility index (Phi) is 31.8. The van der Waals surface area contributed by atoms with Gasteiger partial charge in [-0.1, -0.05) is 58.1 Å². The maximum atomic E-state index is 11.0. The maximum absolute atomic E-state index is 11.0. The lowest BCUT2D eigenvalue weighted by Crippen LogP contribution is -2.04. The Morgan fingerprint density at radius 1 is 0.900 bits per heavy atom. The third-order valence-corrected chi connectivity index (χ3v) is 2.22. The van der Waals surface area contributed by atoms with Gasteiger partial charge in [-0.3, -0.25) is 4.79 Å². The minimum absolute atomic E-state index is 0.0407. The lowest BCUT2D eigenvalue weighted by Gasteiger charge is -2.03. The van der Waals surface area contributed by atoms with Gasteiger partial charge in [0.2, 0.25) is 0 Å². The molecule has 0 aliphatic carbocycles. The van der Waals surface area contributed by atoms with Crippen molar-refractivity contribution in [2.75, 3.05) is 6.61 Å². The summed E-state index contributed by atoms with van der Waals surface area (Å²) in [7, 11) is 0. The topological polar surface area (TPSA) is 26.3 Å². The Hall–Kier alpha value is -1.05. The van der Waals surface area contributed by atoms with Crippen molar-refractivity contribution < 1.29 is 9.53 Å². The first kappa shape index (κ1) is 24.0. The van der Waals surface area contributed by atoms with Crippen molar-refractivity contribution in [2.24, 2.45) is 0 Å². The summed E-state index contributed by atoms with van der Waals surface area (Å²) in [4.78, 5) is 11.0. The number of hydrogen-bond acceptors (Lipinski definition) is 2. The molecule has 0 spiro atoms. The minimum atomic E-state index is -0.0407. The number of carbonyl (C=O) groups excluding carboxylic acids is 1. The lowest BCUT2D eigenvalue weighted by molar-refractivity contribution is -0.143. The van der Waals surface area contributed by atoms with Gasteiger partial charge in [0.1, 0.15) is 0 Å². The number of ether oxygens (including phenoxy) is 1. The smallest absolute Gasteiger partial charge is 0.305 e. The second-order valence-corrected chi connectivity index (χ2v) is 4.55. The fraction of sp³-hybridized carbons (Fsp3) is 0.722. The molecule has 0 aromatic carbocycles. The summed E-state index contributed by atoms with van der Waals surface area (Å²) in [5.41, 5.74) is 0. The molecule has 0 rings (SSSR count).